The van der Waals surface area contributed by atoms with Crippen molar-refractivity contribution in [3.63, 3.8) is 0 Å². The summed E-state index contributed by atoms with van der Waals surface area (Å²) in [6, 6.07) is 14.9. The summed E-state index contributed by atoms with van der Waals surface area (Å²) >= 11 is 5.48. The van der Waals surface area contributed by atoms with E-state index in [0.29, 0.717) is 10.8 Å². The number of aromatic nitrogens is 1. The molecule has 0 aliphatic carbocycles. The molecule has 124 valence electrons. The van der Waals surface area contributed by atoms with Crippen molar-refractivity contribution in [2.24, 2.45) is 0 Å². The van der Waals surface area contributed by atoms with E-state index in [9.17, 15) is 4.39 Å². The predicted octanol–water partition coefficient (Wildman–Crippen LogP) is 4.48. The van der Waals surface area contributed by atoms with Crippen molar-refractivity contribution in [2.75, 3.05) is 11.9 Å². The molecule has 0 spiro atoms. The zero-order chi connectivity index (χ0) is 15.8. The van der Waals surface area contributed by atoms with Gasteiger partial charge in [0.15, 0.2) is 5.11 Å². The van der Waals surface area contributed by atoms with E-state index < -0.39 is 0 Å². The number of aromatic amines is 1. The molecule has 3 aromatic rings. The molecular formula is C18H17ClFN3S. The first kappa shape index (κ1) is 16.7. The van der Waals surface area contributed by atoms with Crippen LogP contribution >= 0.6 is 24.6 Å². The molecule has 4 rings (SSSR count). The van der Waals surface area contributed by atoms with E-state index in [2.05, 4.69) is 27.3 Å². The number of hydrogen-bond donors (Lipinski definition) is 2. The number of anilines is 1. The zero-order valence-electron chi connectivity index (χ0n) is 12.9. The second kappa shape index (κ2) is 6.79. The molecule has 0 radical (unpaired) electrons. The van der Waals surface area contributed by atoms with Crippen LogP contribution in [0.15, 0.2) is 48.5 Å². The fourth-order valence-electron chi connectivity index (χ4n) is 3.10. The highest BCUT2D eigenvalue weighted by molar-refractivity contribution is 7.80. The van der Waals surface area contributed by atoms with Gasteiger partial charge in [-0.15, -0.1) is 12.4 Å². The van der Waals surface area contributed by atoms with Gasteiger partial charge < -0.3 is 15.2 Å². The van der Waals surface area contributed by atoms with E-state index in [4.69, 9.17) is 12.2 Å². The Kier molecular flexibility index (Phi) is 4.73. The first-order valence-electron chi connectivity index (χ1n) is 7.61. The summed E-state index contributed by atoms with van der Waals surface area (Å²) in [7, 11) is 0. The van der Waals surface area contributed by atoms with Gasteiger partial charge in [0.2, 0.25) is 0 Å². The van der Waals surface area contributed by atoms with Crippen molar-refractivity contribution in [1.29, 1.82) is 0 Å². The summed E-state index contributed by atoms with van der Waals surface area (Å²) in [6.45, 7) is 1.56. The van der Waals surface area contributed by atoms with Crippen molar-refractivity contribution >= 4 is 46.3 Å². The largest absolute Gasteiger partial charge is 0.358 e. The summed E-state index contributed by atoms with van der Waals surface area (Å²) in [5.41, 5.74) is 4.13. The molecule has 2 heterocycles. The standard InChI is InChI=1S/C18H16FN3S.ClH/c19-14-6-2-4-8-17(14)21-18(23)22-10-9-16-13(11-22)12-5-1-3-7-15(12)20-16;/h1-8,20H,9-11H2,(H,21,23);1H. The molecule has 1 aromatic heterocycles. The molecule has 6 heteroatoms. The first-order chi connectivity index (χ1) is 11.2. The third-order valence-corrected chi connectivity index (χ3v) is 4.65. The molecule has 0 atom stereocenters. The highest BCUT2D eigenvalue weighted by Gasteiger charge is 2.22. The zero-order valence-corrected chi connectivity index (χ0v) is 14.5. The predicted molar refractivity (Wildman–Crippen MR) is 102 cm³/mol. The fraction of sp³-hybridized carbons (Fsp3) is 0.167. The van der Waals surface area contributed by atoms with E-state index in [1.165, 1.54) is 22.7 Å². The third-order valence-electron chi connectivity index (χ3n) is 4.29. The lowest BCUT2D eigenvalue weighted by atomic mass is 10.1. The lowest BCUT2D eigenvalue weighted by molar-refractivity contribution is 0.399. The monoisotopic (exact) mass is 361 g/mol. The van der Waals surface area contributed by atoms with Gasteiger partial charge in [0.1, 0.15) is 5.82 Å². The highest BCUT2D eigenvalue weighted by atomic mass is 35.5. The van der Waals surface area contributed by atoms with E-state index in [1.54, 1.807) is 18.2 Å². The normalized spacial score (nSPS) is 13.3. The molecule has 0 bridgehead atoms. The van der Waals surface area contributed by atoms with Gasteiger partial charge >= 0.3 is 0 Å². The van der Waals surface area contributed by atoms with Crippen molar-refractivity contribution in [3.8, 4) is 0 Å². The fourth-order valence-corrected chi connectivity index (χ4v) is 3.36. The Morgan fingerprint density at radius 2 is 1.88 bits per heavy atom. The average molecular weight is 362 g/mol. The van der Waals surface area contributed by atoms with Crippen molar-refractivity contribution in [2.45, 2.75) is 13.0 Å². The summed E-state index contributed by atoms with van der Waals surface area (Å²) in [6.07, 6.45) is 0.906. The Balaban J connectivity index is 0.00000169. The van der Waals surface area contributed by atoms with Crippen molar-refractivity contribution < 1.29 is 4.39 Å². The van der Waals surface area contributed by atoms with Crippen LogP contribution in [0.2, 0.25) is 0 Å². The Morgan fingerprint density at radius 1 is 1.12 bits per heavy atom. The van der Waals surface area contributed by atoms with Gasteiger partial charge in [-0.1, -0.05) is 30.3 Å². The second-order valence-corrected chi connectivity index (χ2v) is 6.10. The first-order valence-corrected chi connectivity index (χ1v) is 8.02. The Hall–Kier alpha value is -2.11. The maximum atomic E-state index is 13.8. The molecule has 0 saturated carbocycles. The van der Waals surface area contributed by atoms with E-state index >= 15 is 0 Å². The maximum Gasteiger partial charge on any atom is 0.173 e. The molecule has 0 saturated heterocycles. The van der Waals surface area contributed by atoms with Gasteiger partial charge in [0, 0.05) is 41.7 Å². The van der Waals surface area contributed by atoms with Crippen LogP contribution in [0.4, 0.5) is 10.1 Å². The van der Waals surface area contributed by atoms with Gasteiger partial charge in [-0.25, -0.2) is 4.39 Å². The van der Waals surface area contributed by atoms with Gasteiger partial charge in [0.25, 0.3) is 0 Å². The second-order valence-electron chi connectivity index (χ2n) is 5.71. The number of H-pyrrole nitrogens is 1. The number of nitrogens with zero attached hydrogens (tertiary/aromatic N) is 1. The molecule has 3 nitrogen and oxygen atoms in total. The lowest BCUT2D eigenvalue weighted by Gasteiger charge is -2.30. The molecule has 24 heavy (non-hydrogen) atoms. The van der Waals surface area contributed by atoms with Crippen LogP contribution in [0.5, 0.6) is 0 Å². The van der Waals surface area contributed by atoms with E-state index in [-0.39, 0.29) is 18.2 Å². The average Bonchev–Trinajstić information content (AvgIpc) is 2.94. The summed E-state index contributed by atoms with van der Waals surface area (Å²) < 4.78 is 13.8. The smallest absolute Gasteiger partial charge is 0.173 e. The molecule has 1 aliphatic rings. The van der Waals surface area contributed by atoms with Crippen molar-refractivity contribution in [1.82, 2.24) is 9.88 Å². The lowest BCUT2D eigenvalue weighted by Crippen LogP contribution is -2.38. The molecule has 1 aliphatic heterocycles. The van der Waals surface area contributed by atoms with Crippen LogP contribution in [-0.2, 0) is 13.0 Å². The number of benzene rings is 2. The van der Waals surface area contributed by atoms with Crippen LogP contribution in [-0.4, -0.2) is 21.5 Å². The molecule has 0 amide bonds. The molecular weight excluding hydrogens is 345 g/mol. The highest BCUT2D eigenvalue weighted by Crippen LogP contribution is 2.28. The van der Waals surface area contributed by atoms with Gasteiger partial charge in [-0.2, -0.15) is 0 Å². The minimum Gasteiger partial charge on any atom is -0.358 e. The number of halogens is 2. The maximum absolute atomic E-state index is 13.8. The quantitative estimate of drug-likeness (QED) is 0.626. The topological polar surface area (TPSA) is 31.1 Å². The minimum atomic E-state index is -0.292. The van der Waals surface area contributed by atoms with Crippen LogP contribution < -0.4 is 5.32 Å². The Bertz CT molecular complexity index is 893. The van der Waals surface area contributed by atoms with Gasteiger partial charge in [-0.3, -0.25) is 0 Å². The number of thiocarbonyl (C=S) groups is 1. The Morgan fingerprint density at radius 3 is 2.71 bits per heavy atom. The van der Waals surface area contributed by atoms with Gasteiger partial charge in [-0.05, 0) is 30.4 Å². The van der Waals surface area contributed by atoms with Crippen LogP contribution in [0.3, 0.4) is 0 Å². The van der Waals surface area contributed by atoms with E-state index in [0.717, 1.165) is 25.0 Å². The molecule has 0 fully saturated rings. The molecule has 2 N–H and O–H groups in total. The van der Waals surface area contributed by atoms with Crippen LogP contribution in [0, 0.1) is 5.82 Å². The summed E-state index contributed by atoms with van der Waals surface area (Å²) in [4.78, 5) is 5.57. The van der Waals surface area contributed by atoms with E-state index in [1.807, 2.05) is 12.1 Å². The number of fused-ring (bicyclic) bond motifs is 3. The SMILES string of the molecule is Cl.Fc1ccccc1NC(=S)N1CCc2[nH]c3ccccc3c2C1. The Labute approximate surface area is 151 Å². The number of rotatable bonds is 1. The third kappa shape index (κ3) is 2.97. The number of nitrogens with one attached hydrogen (secondary N) is 2. The van der Waals surface area contributed by atoms with Crippen LogP contribution in [0.1, 0.15) is 11.3 Å². The molecule has 2 aromatic carbocycles. The minimum absolute atomic E-state index is 0. The number of para-hydroxylation sites is 2. The summed E-state index contributed by atoms with van der Waals surface area (Å²) in [5, 5.41) is 4.82. The summed E-state index contributed by atoms with van der Waals surface area (Å²) in [5.74, 6) is -0.292. The van der Waals surface area contributed by atoms with Crippen molar-refractivity contribution in [3.05, 3.63) is 65.6 Å². The molecule has 0 unspecified atom stereocenters. The van der Waals surface area contributed by atoms with Crippen LogP contribution in [0.25, 0.3) is 10.9 Å². The number of hydrogen-bond acceptors (Lipinski definition) is 1. The van der Waals surface area contributed by atoms with Gasteiger partial charge in [0.05, 0.1) is 5.69 Å².